The van der Waals surface area contributed by atoms with Crippen molar-refractivity contribution in [3.8, 4) is 5.75 Å². The Hall–Kier alpha value is -2.47. The molecule has 1 heterocycles. The fourth-order valence-corrected chi connectivity index (χ4v) is 2.33. The SMILES string of the molecule is CCc1oc(C(=O)Nc2ccc(OC(C)C)c(Cl)c2)cc1C(=O)O. The maximum atomic E-state index is 12.2. The van der Waals surface area contributed by atoms with Crippen LogP contribution in [0, 0.1) is 0 Å². The Morgan fingerprint density at radius 3 is 2.54 bits per heavy atom. The van der Waals surface area contributed by atoms with E-state index in [1.807, 2.05) is 13.8 Å². The molecule has 2 aromatic rings. The Kier molecular flexibility index (Phi) is 5.51. The lowest BCUT2D eigenvalue weighted by atomic mass is 10.2. The molecule has 1 aromatic carbocycles. The first-order chi connectivity index (χ1) is 11.3. The van der Waals surface area contributed by atoms with Crippen LogP contribution in [0.25, 0.3) is 0 Å². The molecule has 24 heavy (non-hydrogen) atoms. The lowest BCUT2D eigenvalue weighted by molar-refractivity contribution is 0.0694. The van der Waals surface area contributed by atoms with Crippen LogP contribution in [0.3, 0.4) is 0 Å². The molecule has 0 radical (unpaired) electrons. The Bertz CT molecular complexity index is 766. The minimum Gasteiger partial charge on any atom is -0.489 e. The van der Waals surface area contributed by atoms with E-state index in [1.54, 1.807) is 25.1 Å². The van der Waals surface area contributed by atoms with Gasteiger partial charge in [0.05, 0.1) is 11.1 Å². The number of ether oxygens (including phenoxy) is 1. The van der Waals surface area contributed by atoms with E-state index in [4.69, 9.17) is 25.9 Å². The van der Waals surface area contributed by atoms with Crippen LogP contribution in [0.2, 0.25) is 5.02 Å². The summed E-state index contributed by atoms with van der Waals surface area (Å²) in [5.41, 5.74) is 0.439. The van der Waals surface area contributed by atoms with E-state index >= 15 is 0 Å². The van der Waals surface area contributed by atoms with Crippen molar-refractivity contribution in [3.05, 3.63) is 46.4 Å². The summed E-state index contributed by atoms with van der Waals surface area (Å²) >= 11 is 6.12. The number of amides is 1. The fourth-order valence-electron chi connectivity index (χ4n) is 2.11. The Labute approximate surface area is 144 Å². The molecule has 0 saturated carbocycles. The molecule has 2 rings (SSSR count). The zero-order valence-corrected chi connectivity index (χ0v) is 14.3. The third-order valence-corrected chi connectivity index (χ3v) is 3.43. The van der Waals surface area contributed by atoms with Gasteiger partial charge in [0.25, 0.3) is 5.91 Å². The van der Waals surface area contributed by atoms with Gasteiger partial charge < -0.3 is 19.6 Å². The molecule has 0 saturated heterocycles. The largest absolute Gasteiger partial charge is 0.489 e. The van der Waals surface area contributed by atoms with Crippen LogP contribution in [0.1, 0.15) is 47.4 Å². The van der Waals surface area contributed by atoms with Crippen molar-refractivity contribution in [1.29, 1.82) is 0 Å². The van der Waals surface area contributed by atoms with Crippen molar-refractivity contribution < 1.29 is 23.8 Å². The quantitative estimate of drug-likeness (QED) is 0.812. The standard InChI is InChI=1S/C17H18ClNO5/c1-4-13-11(17(21)22)8-15(24-13)16(20)19-10-5-6-14(12(18)7-10)23-9(2)3/h5-9H,4H2,1-3H3,(H,19,20)(H,21,22). The number of rotatable bonds is 6. The van der Waals surface area contributed by atoms with Crippen LogP contribution < -0.4 is 10.1 Å². The van der Waals surface area contributed by atoms with Crippen LogP contribution in [-0.2, 0) is 6.42 Å². The first kappa shape index (κ1) is 17.9. The number of carbonyl (C=O) groups is 2. The lowest BCUT2D eigenvalue weighted by Crippen LogP contribution is -2.11. The minimum atomic E-state index is -1.13. The smallest absolute Gasteiger partial charge is 0.339 e. The van der Waals surface area contributed by atoms with E-state index in [2.05, 4.69) is 5.32 Å². The number of carboxylic acids is 1. The van der Waals surface area contributed by atoms with Crippen molar-refractivity contribution in [3.63, 3.8) is 0 Å². The number of furan rings is 1. The van der Waals surface area contributed by atoms with E-state index in [9.17, 15) is 9.59 Å². The monoisotopic (exact) mass is 351 g/mol. The van der Waals surface area contributed by atoms with Gasteiger partial charge in [0, 0.05) is 18.2 Å². The summed E-state index contributed by atoms with van der Waals surface area (Å²) in [6.45, 7) is 5.52. The number of benzene rings is 1. The normalized spacial score (nSPS) is 10.7. The molecule has 0 spiro atoms. The maximum Gasteiger partial charge on any atom is 0.339 e. The second kappa shape index (κ2) is 7.40. The molecule has 0 aliphatic heterocycles. The predicted octanol–water partition coefficient (Wildman–Crippen LogP) is 4.23. The second-order valence-electron chi connectivity index (χ2n) is 5.37. The summed E-state index contributed by atoms with van der Waals surface area (Å²) in [5, 5.41) is 12.1. The Morgan fingerprint density at radius 2 is 2.04 bits per heavy atom. The van der Waals surface area contributed by atoms with Gasteiger partial charge in [0.15, 0.2) is 5.76 Å². The van der Waals surface area contributed by atoms with Gasteiger partial charge in [-0.3, -0.25) is 4.79 Å². The zero-order chi connectivity index (χ0) is 17.9. The van der Waals surface area contributed by atoms with Crippen LogP contribution in [0.5, 0.6) is 5.75 Å². The number of carbonyl (C=O) groups excluding carboxylic acids is 1. The number of hydrogen-bond donors (Lipinski definition) is 2. The van der Waals surface area contributed by atoms with Gasteiger partial charge in [-0.1, -0.05) is 18.5 Å². The molecule has 0 unspecified atom stereocenters. The molecule has 0 aliphatic rings. The van der Waals surface area contributed by atoms with Crippen molar-refractivity contribution in [1.82, 2.24) is 0 Å². The van der Waals surface area contributed by atoms with Crippen molar-refractivity contribution >= 4 is 29.2 Å². The van der Waals surface area contributed by atoms with Gasteiger partial charge in [-0.05, 0) is 32.0 Å². The highest BCUT2D eigenvalue weighted by atomic mass is 35.5. The average molecular weight is 352 g/mol. The van der Waals surface area contributed by atoms with Gasteiger partial charge in [-0.2, -0.15) is 0 Å². The summed E-state index contributed by atoms with van der Waals surface area (Å²) in [6, 6.07) is 6.07. The lowest BCUT2D eigenvalue weighted by Gasteiger charge is -2.12. The van der Waals surface area contributed by atoms with Crippen LogP contribution in [-0.4, -0.2) is 23.1 Å². The van der Waals surface area contributed by atoms with E-state index in [-0.39, 0.29) is 23.2 Å². The summed E-state index contributed by atoms with van der Waals surface area (Å²) < 4.78 is 10.8. The maximum absolute atomic E-state index is 12.2. The third-order valence-electron chi connectivity index (χ3n) is 3.14. The molecule has 1 aromatic heterocycles. The molecule has 6 nitrogen and oxygen atoms in total. The molecular weight excluding hydrogens is 334 g/mol. The summed E-state index contributed by atoms with van der Waals surface area (Å²) in [5.74, 6) is -0.975. The molecule has 0 aliphatic carbocycles. The number of anilines is 1. The highest BCUT2D eigenvalue weighted by molar-refractivity contribution is 6.32. The third kappa shape index (κ3) is 4.08. The number of carboxylic acid groups (broad SMARTS) is 1. The van der Waals surface area contributed by atoms with E-state index in [0.29, 0.717) is 22.9 Å². The number of nitrogens with one attached hydrogen (secondary N) is 1. The van der Waals surface area contributed by atoms with Crippen molar-refractivity contribution in [2.75, 3.05) is 5.32 Å². The van der Waals surface area contributed by atoms with Crippen LogP contribution in [0.15, 0.2) is 28.7 Å². The number of hydrogen-bond acceptors (Lipinski definition) is 4. The van der Waals surface area contributed by atoms with Crippen molar-refractivity contribution in [2.45, 2.75) is 33.3 Å². The van der Waals surface area contributed by atoms with E-state index in [1.165, 1.54) is 6.07 Å². The van der Waals surface area contributed by atoms with E-state index < -0.39 is 11.9 Å². The number of aryl methyl sites for hydroxylation is 1. The molecule has 2 N–H and O–H groups in total. The van der Waals surface area contributed by atoms with Crippen molar-refractivity contribution in [2.24, 2.45) is 0 Å². The van der Waals surface area contributed by atoms with Gasteiger partial charge in [-0.25, -0.2) is 4.79 Å². The number of aromatic carboxylic acids is 1. The Balaban J connectivity index is 2.18. The molecule has 128 valence electrons. The minimum absolute atomic E-state index is 0.0126. The second-order valence-corrected chi connectivity index (χ2v) is 5.78. The molecule has 7 heteroatoms. The zero-order valence-electron chi connectivity index (χ0n) is 13.6. The highest BCUT2D eigenvalue weighted by Crippen LogP contribution is 2.29. The molecule has 0 bridgehead atoms. The summed E-state index contributed by atoms with van der Waals surface area (Å²) in [6.07, 6.45) is 0.357. The predicted molar refractivity (Wildman–Crippen MR) is 90.2 cm³/mol. The van der Waals surface area contributed by atoms with Crippen LogP contribution in [0.4, 0.5) is 5.69 Å². The van der Waals surface area contributed by atoms with Gasteiger partial charge in [0.1, 0.15) is 17.1 Å². The first-order valence-corrected chi connectivity index (χ1v) is 7.83. The molecule has 0 atom stereocenters. The van der Waals surface area contributed by atoms with Gasteiger partial charge >= 0.3 is 5.97 Å². The number of halogens is 1. The summed E-state index contributed by atoms with van der Waals surface area (Å²) in [4.78, 5) is 23.3. The van der Waals surface area contributed by atoms with Gasteiger partial charge in [0.2, 0.25) is 0 Å². The first-order valence-electron chi connectivity index (χ1n) is 7.45. The highest BCUT2D eigenvalue weighted by Gasteiger charge is 2.20. The molecular formula is C17H18ClNO5. The molecule has 0 fully saturated rings. The summed E-state index contributed by atoms with van der Waals surface area (Å²) in [7, 11) is 0. The van der Waals surface area contributed by atoms with Gasteiger partial charge in [-0.15, -0.1) is 0 Å². The molecule has 1 amide bonds. The van der Waals surface area contributed by atoms with E-state index in [0.717, 1.165) is 0 Å². The van der Waals surface area contributed by atoms with Crippen LogP contribution >= 0.6 is 11.6 Å². The topological polar surface area (TPSA) is 88.8 Å². The average Bonchev–Trinajstić information content (AvgIpc) is 2.94. The fraction of sp³-hybridized carbons (Fsp3) is 0.294. The Morgan fingerprint density at radius 1 is 1.33 bits per heavy atom.